The number of likely N-dealkylation sites (tertiary alicyclic amines) is 1. The normalized spacial score (nSPS) is 28.2. The molecule has 1 spiro atoms. The Hall–Kier alpha value is -1.83. The second-order valence-corrected chi connectivity index (χ2v) is 7.73. The molecule has 4 N–H and O–H groups in total. The third-order valence-electron chi connectivity index (χ3n) is 4.73. The molecular formula is C16H27N3O5. The number of aliphatic hydroxyl groups is 1. The van der Waals surface area contributed by atoms with Gasteiger partial charge in [0.05, 0.1) is 12.0 Å². The third-order valence-corrected chi connectivity index (χ3v) is 4.73. The minimum absolute atomic E-state index is 0.0166. The van der Waals surface area contributed by atoms with E-state index < -0.39 is 35.7 Å². The lowest BCUT2D eigenvalue weighted by molar-refractivity contribution is -0.172. The first-order valence-corrected chi connectivity index (χ1v) is 8.29. The van der Waals surface area contributed by atoms with Gasteiger partial charge in [-0.25, -0.2) is 4.79 Å². The van der Waals surface area contributed by atoms with Crippen LogP contribution in [0.5, 0.6) is 0 Å². The van der Waals surface area contributed by atoms with Crippen LogP contribution in [0.3, 0.4) is 0 Å². The number of ether oxygens (including phenoxy) is 1. The molecule has 2 rings (SSSR count). The van der Waals surface area contributed by atoms with Gasteiger partial charge in [0.25, 0.3) is 0 Å². The predicted octanol–water partition coefficient (Wildman–Crippen LogP) is 0.129. The van der Waals surface area contributed by atoms with Gasteiger partial charge in [0, 0.05) is 12.6 Å². The van der Waals surface area contributed by atoms with Crippen molar-refractivity contribution in [3.8, 4) is 0 Å². The molecule has 0 radical (unpaired) electrons. The molecule has 8 nitrogen and oxygen atoms in total. The number of nitrogens with two attached hydrogens (primary N) is 1. The van der Waals surface area contributed by atoms with E-state index in [0.29, 0.717) is 32.2 Å². The van der Waals surface area contributed by atoms with Crippen molar-refractivity contribution in [2.45, 2.75) is 64.1 Å². The summed E-state index contributed by atoms with van der Waals surface area (Å²) in [5, 5.41) is 12.1. The quantitative estimate of drug-likeness (QED) is 0.627. The third kappa shape index (κ3) is 3.80. The van der Waals surface area contributed by atoms with Crippen LogP contribution in [0.1, 0.15) is 46.5 Å². The SMILES string of the molecule is CC(C)(C)OC(=O)NC1CCC2(CC1)CN([C@@H](CO)C(N)=O)C2=O. The van der Waals surface area contributed by atoms with Gasteiger partial charge in [-0.2, -0.15) is 0 Å². The van der Waals surface area contributed by atoms with E-state index in [9.17, 15) is 19.5 Å². The Bertz CT molecular complexity index is 520. The van der Waals surface area contributed by atoms with Crippen molar-refractivity contribution >= 4 is 17.9 Å². The van der Waals surface area contributed by atoms with Crippen LogP contribution in [-0.4, -0.2) is 58.8 Å². The lowest BCUT2D eigenvalue weighted by Crippen LogP contribution is -2.68. The zero-order chi connectivity index (χ0) is 18.1. The first-order chi connectivity index (χ1) is 11.1. The van der Waals surface area contributed by atoms with Crippen LogP contribution < -0.4 is 11.1 Å². The van der Waals surface area contributed by atoms with E-state index in [1.807, 2.05) is 0 Å². The number of hydrogen-bond donors (Lipinski definition) is 3. The summed E-state index contributed by atoms with van der Waals surface area (Å²) < 4.78 is 5.24. The van der Waals surface area contributed by atoms with Crippen LogP contribution in [0.25, 0.3) is 0 Å². The molecule has 136 valence electrons. The number of hydrogen-bond acceptors (Lipinski definition) is 5. The summed E-state index contributed by atoms with van der Waals surface area (Å²) in [5.74, 6) is -0.822. The number of nitrogens with one attached hydrogen (secondary N) is 1. The van der Waals surface area contributed by atoms with Gasteiger partial charge in [-0.05, 0) is 46.5 Å². The predicted molar refractivity (Wildman–Crippen MR) is 85.8 cm³/mol. The molecule has 2 aliphatic rings. The van der Waals surface area contributed by atoms with Crippen LogP contribution in [0, 0.1) is 5.41 Å². The second kappa shape index (κ2) is 6.58. The van der Waals surface area contributed by atoms with Crippen LogP contribution in [0.15, 0.2) is 0 Å². The fourth-order valence-electron chi connectivity index (χ4n) is 3.43. The van der Waals surface area contributed by atoms with E-state index in [1.165, 1.54) is 4.90 Å². The second-order valence-electron chi connectivity index (χ2n) is 7.73. The molecule has 8 heteroatoms. The Morgan fingerprint density at radius 2 is 2.00 bits per heavy atom. The lowest BCUT2D eigenvalue weighted by atomic mass is 9.66. The maximum absolute atomic E-state index is 12.5. The molecule has 3 amide bonds. The van der Waals surface area contributed by atoms with Gasteiger partial charge >= 0.3 is 6.09 Å². The van der Waals surface area contributed by atoms with E-state index in [-0.39, 0.29) is 11.9 Å². The summed E-state index contributed by atoms with van der Waals surface area (Å²) in [4.78, 5) is 36.9. The van der Waals surface area contributed by atoms with Gasteiger partial charge in [-0.15, -0.1) is 0 Å². The number of primary amides is 1. The summed E-state index contributed by atoms with van der Waals surface area (Å²) in [6.45, 7) is 5.39. The first kappa shape index (κ1) is 18.5. The maximum Gasteiger partial charge on any atom is 0.407 e. The van der Waals surface area contributed by atoms with E-state index in [2.05, 4.69) is 5.32 Å². The van der Waals surface area contributed by atoms with Crippen molar-refractivity contribution in [3.05, 3.63) is 0 Å². The number of alkyl carbamates (subject to hydrolysis) is 1. The molecule has 1 atom stereocenters. The van der Waals surface area contributed by atoms with E-state index in [1.54, 1.807) is 20.8 Å². The van der Waals surface area contributed by atoms with E-state index >= 15 is 0 Å². The smallest absolute Gasteiger partial charge is 0.407 e. The number of carbonyl (C=O) groups is 3. The molecule has 0 bridgehead atoms. The molecule has 0 aromatic heterocycles. The van der Waals surface area contributed by atoms with Crippen LogP contribution in [-0.2, 0) is 14.3 Å². The molecule has 24 heavy (non-hydrogen) atoms. The summed E-state index contributed by atoms with van der Waals surface area (Å²) >= 11 is 0. The monoisotopic (exact) mass is 341 g/mol. The number of rotatable bonds is 4. The minimum Gasteiger partial charge on any atom is -0.444 e. The summed E-state index contributed by atoms with van der Waals surface area (Å²) in [6, 6.07) is -0.960. The fraction of sp³-hybridized carbons (Fsp3) is 0.812. The van der Waals surface area contributed by atoms with E-state index in [4.69, 9.17) is 10.5 Å². The summed E-state index contributed by atoms with van der Waals surface area (Å²) in [7, 11) is 0. The average molecular weight is 341 g/mol. The minimum atomic E-state index is -0.944. The van der Waals surface area contributed by atoms with Crippen LogP contribution >= 0.6 is 0 Å². The largest absolute Gasteiger partial charge is 0.444 e. The zero-order valence-corrected chi connectivity index (χ0v) is 14.5. The highest BCUT2D eigenvalue weighted by Gasteiger charge is 2.55. The van der Waals surface area contributed by atoms with Crippen LogP contribution in [0.4, 0.5) is 4.79 Å². The molecular weight excluding hydrogens is 314 g/mol. The average Bonchev–Trinajstić information content (AvgIpc) is 2.46. The lowest BCUT2D eigenvalue weighted by Gasteiger charge is -2.53. The van der Waals surface area contributed by atoms with Gasteiger partial charge < -0.3 is 25.8 Å². The van der Waals surface area contributed by atoms with Gasteiger partial charge in [-0.3, -0.25) is 9.59 Å². The molecule has 0 unspecified atom stereocenters. The van der Waals surface area contributed by atoms with Crippen molar-refractivity contribution in [2.24, 2.45) is 11.1 Å². The molecule has 1 heterocycles. The standard InChI is InChI=1S/C16H27N3O5/c1-15(2,3)24-14(23)18-10-4-6-16(7-5-10)9-19(13(16)22)11(8-20)12(17)21/h10-11,20H,4-9H2,1-3H3,(H2,17,21)(H,18,23)/t10?,11-,16?/m0/s1. The highest BCUT2D eigenvalue weighted by molar-refractivity contribution is 5.94. The number of nitrogens with zero attached hydrogens (tertiary/aromatic N) is 1. The molecule has 0 aromatic carbocycles. The molecule has 2 fully saturated rings. The number of carbonyl (C=O) groups excluding carboxylic acids is 3. The number of β-lactam (4-membered cyclic amide) rings is 1. The topological polar surface area (TPSA) is 122 Å². The maximum atomic E-state index is 12.5. The first-order valence-electron chi connectivity index (χ1n) is 8.29. The number of aliphatic hydroxyl groups excluding tert-OH is 1. The molecule has 1 saturated carbocycles. The van der Waals surface area contributed by atoms with Gasteiger partial charge in [-0.1, -0.05) is 0 Å². The Morgan fingerprint density at radius 1 is 1.42 bits per heavy atom. The van der Waals surface area contributed by atoms with Gasteiger partial charge in [0.1, 0.15) is 11.6 Å². The highest BCUT2D eigenvalue weighted by atomic mass is 16.6. The molecule has 1 aliphatic heterocycles. The summed E-state index contributed by atoms with van der Waals surface area (Å²) in [5.41, 5.74) is 4.19. The van der Waals surface area contributed by atoms with Crippen LogP contribution in [0.2, 0.25) is 0 Å². The fourth-order valence-corrected chi connectivity index (χ4v) is 3.43. The van der Waals surface area contributed by atoms with Crippen molar-refractivity contribution in [1.82, 2.24) is 10.2 Å². The van der Waals surface area contributed by atoms with E-state index in [0.717, 1.165) is 0 Å². The van der Waals surface area contributed by atoms with Crippen molar-refractivity contribution in [1.29, 1.82) is 0 Å². The molecule has 0 aromatic rings. The molecule has 1 aliphatic carbocycles. The zero-order valence-electron chi connectivity index (χ0n) is 14.5. The Morgan fingerprint density at radius 3 is 2.42 bits per heavy atom. The van der Waals surface area contributed by atoms with Gasteiger partial charge in [0.15, 0.2) is 0 Å². The molecule has 1 saturated heterocycles. The summed E-state index contributed by atoms with van der Waals surface area (Å²) in [6.07, 6.45) is 2.19. The van der Waals surface area contributed by atoms with Crippen molar-refractivity contribution < 1.29 is 24.2 Å². The number of amides is 3. The van der Waals surface area contributed by atoms with Crippen molar-refractivity contribution in [2.75, 3.05) is 13.2 Å². The van der Waals surface area contributed by atoms with Crippen molar-refractivity contribution in [3.63, 3.8) is 0 Å². The Kier molecular flexibility index (Phi) is 5.08. The highest BCUT2D eigenvalue weighted by Crippen LogP contribution is 2.45. The van der Waals surface area contributed by atoms with Gasteiger partial charge in [0.2, 0.25) is 11.8 Å². The Labute approximate surface area is 141 Å². The Balaban J connectivity index is 1.84.